The Bertz CT molecular complexity index is 1850. The number of nitrogens with one attached hydrogen (secondary N) is 2. The minimum atomic E-state index is -4.63. The van der Waals surface area contributed by atoms with Gasteiger partial charge >= 0.3 is 6.18 Å². The van der Waals surface area contributed by atoms with Crippen molar-refractivity contribution in [1.82, 2.24) is 24.8 Å². The number of alkyl halides is 3. The molecule has 1 saturated heterocycles. The number of hydrogen-bond acceptors (Lipinski definition) is 7. The summed E-state index contributed by atoms with van der Waals surface area (Å²) in [5, 5.41) is 2.80. The third-order valence-electron chi connectivity index (χ3n) is 7.61. The van der Waals surface area contributed by atoms with E-state index in [4.69, 9.17) is 22.1 Å². The van der Waals surface area contributed by atoms with Crippen molar-refractivity contribution >= 4 is 39.9 Å². The normalized spacial score (nSPS) is 14.5. The standard InChI is InChI=1S/C32H29ClF3N7O2/c1-42-12-14-43(15-13-42)18-21-3-2-20(16-24(21)32(34,35)36)30(44)40-27-17-23(8-9-25(27)33)45-31-28-26(10-11-38-28)39-29(41-31)19-4-6-22(37)7-5-19/h2-11,16-17,38H,12-15,18,37H2,1H3,(H,40,44). The highest BCUT2D eigenvalue weighted by Gasteiger charge is 2.34. The molecule has 3 heterocycles. The van der Waals surface area contributed by atoms with Crippen molar-refractivity contribution in [3.05, 3.63) is 94.6 Å². The first-order valence-electron chi connectivity index (χ1n) is 14.1. The van der Waals surface area contributed by atoms with Crippen LogP contribution >= 0.6 is 11.6 Å². The van der Waals surface area contributed by atoms with Crippen molar-refractivity contribution in [2.45, 2.75) is 12.7 Å². The second-order valence-electron chi connectivity index (χ2n) is 10.9. The van der Waals surface area contributed by atoms with Gasteiger partial charge in [-0.15, -0.1) is 0 Å². The minimum absolute atomic E-state index is 0.121. The number of ether oxygens (including phenoxy) is 1. The average Bonchev–Trinajstić information content (AvgIpc) is 3.49. The number of benzene rings is 3. The molecule has 0 bridgehead atoms. The number of anilines is 2. The molecule has 5 aromatic rings. The van der Waals surface area contributed by atoms with Gasteiger partial charge in [0.15, 0.2) is 5.82 Å². The van der Waals surface area contributed by atoms with Crippen molar-refractivity contribution in [2.24, 2.45) is 0 Å². The summed E-state index contributed by atoms with van der Waals surface area (Å²) in [5.41, 5.74) is 7.60. The van der Waals surface area contributed by atoms with E-state index in [9.17, 15) is 18.0 Å². The van der Waals surface area contributed by atoms with Crippen LogP contribution in [0.3, 0.4) is 0 Å². The van der Waals surface area contributed by atoms with Gasteiger partial charge in [0.25, 0.3) is 5.91 Å². The van der Waals surface area contributed by atoms with Gasteiger partial charge in [0.1, 0.15) is 11.3 Å². The van der Waals surface area contributed by atoms with Gasteiger partial charge in [-0.05, 0) is 67.2 Å². The second-order valence-corrected chi connectivity index (χ2v) is 11.3. The zero-order valence-electron chi connectivity index (χ0n) is 24.2. The van der Waals surface area contributed by atoms with E-state index in [1.54, 1.807) is 42.6 Å². The van der Waals surface area contributed by atoms with Crippen molar-refractivity contribution in [2.75, 3.05) is 44.3 Å². The Morgan fingerprint density at radius 1 is 1.02 bits per heavy atom. The lowest BCUT2D eigenvalue weighted by molar-refractivity contribution is -0.138. The molecule has 0 atom stereocenters. The molecule has 0 saturated carbocycles. The number of piperazine rings is 1. The number of nitrogen functional groups attached to an aromatic ring is 1. The molecule has 9 nitrogen and oxygen atoms in total. The van der Waals surface area contributed by atoms with Crippen LogP contribution in [0.25, 0.3) is 22.4 Å². The van der Waals surface area contributed by atoms with Gasteiger partial charge in [0.05, 0.1) is 21.8 Å². The van der Waals surface area contributed by atoms with E-state index in [2.05, 4.69) is 25.2 Å². The summed E-state index contributed by atoms with van der Waals surface area (Å²) in [5.74, 6) is 0.175. The van der Waals surface area contributed by atoms with Crippen LogP contribution in [0.4, 0.5) is 24.5 Å². The molecule has 6 rings (SSSR count). The molecule has 1 fully saturated rings. The number of amides is 1. The molecule has 1 aliphatic rings. The van der Waals surface area contributed by atoms with Crippen LogP contribution in [0, 0.1) is 0 Å². The summed E-state index contributed by atoms with van der Waals surface area (Å²) in [6.45, 7) is 3.04. The molecule has 0 spiro atoms. The lowest BCUT2D eigenvalue weighted by Crippen LogP contribution is -2.44. The number of nitrogens with zero attached hydrogens (tertiary/aromatic N) is 4. The Kier molecular flexibility index (Phi) is 8.36. The number of aromatic amines is 1. The zero-order valence-corrected chi connectivity index (χ0v) is 24.9. The number of carbonyl (C=O) groups is 1. The lowest BCUT2D eigenvalue weighted by Gasteiger charge is -2.33. The summed E-state index contributed by atoms with van der Waals surface area (Å²) in [6.07, 6.45) is -2.92. The number of carbonyl (C=O) groups excluding carboxylic acids is 1. The first-order chi connectivity index (χ1) is 21.5. The molecule has 45 heavy (non-hydrogen) atoms. The smallest absolute Gasteiger partial charge is 0.416 e. The molecule has 232 valence electrons. The molecule has 2 aromatic heterocycles. The number of H-pyrrole nitrogens is 1. The predicted molar refractivity (Wildman–Crippen MR) is 167 cm³/mol. The summed E-state index contributed by atoms with van der Waals surface area (Å²) >= 11 is 6.37. The Labute approximate surface area is 261 Å². The topological polar surface area (TPSA) is 112 Å². The largest absolute Gasteiger partial charge is 0.437 e. The first-order valence-corrected chi connectivity index (χ1v) is 14.5. The Morgan fingerprint density at radius 2 is 1.78 bits per heavy atom. The maximum absolute atomic E-state index is 14.1. The highest BCUT2D eigenvalue weighted by atomic mass is 35.5. The average molecular weight is 636 g/mol. The number of halogens is 4. The van der Waals surface area contributed by atoms with E-state index < -0.39 is 17.6 Å². The molecule has 0 radical (unpaired) electrons. The van der Waals surface area contributed by atoms with Gasteiger partial charge in [0.2, 0.25) is 5.88 Å². The maximum atomic E-state index is 14.1. The van der Waals surface area contributed by atoms with Gasteiger partial charge in [-0.25, -0.2) is 4.98 Å². The van der Waals surface area contributed by atoms with E-state index in [-0.39, 0.29) is 40.0 Å². The highest BCUT2D eigenvalue weighted by Crippen LogP contribution is 2.35. The number of hydrogen-bond donors (Lipinski definition) is 3. The summed E-state index contributed by atoms with van der Waals surface area (Å²) in [7, 11) is 1.98. The SMILES string of the molecule is CN1CCN(Cc2ccc(C(=O)Nc3cc(Oc4nc(-c5ccc(N)cc5)nc5cc[nH]c45)ccc3Cl)cc2C(F)(F)F)CC1. The molecule has 4 N–H and O–H groups in total. The number of nitrogens with two attached hydrogens (primary N) is 1. The first kappa shape index (κ1) is 30.4. The van der Waals surface area contributed by atoms with Crippen LogP contribution in [0.2, 0.25) is 5.02 Å². The molecule has 13 heteroatoms. The van der Waals surface area contributed by atoms with E-state index in [0.717, 1.165) is 24.7 Å². The van der Waals surface area contributed by atoms with Gasteiger partial charge < -0.3 is 25.7 Å². The third-order valence-corrected chi connectivity index (χ3v) is 7.94. The summed E-state index contributed by atoms with van der Waals surface area (Å²) in [4.78, 5) is 29.5. The van der Waals surface area contributed by atoms with Crippen LogP contribution in [0.1, 0.15) is 21.5 Å². The van der Waals surface area contributed by atoms with Crippen molar-refractivity contribution in [1.29, 1.82) is 0 Å². The highest BCUT2D eigenvalue weighted by molar-refractivity contribution is 6.34. The molecule has 0 unspecified atom stereocenters. The molecular weight excluding hydrogens is 607 g/mol. The number of likely N-dealkylation sites (N-methyl/N-ethyl adjacent to an activating group) is 1. The maximum Gasteiger partial charge on any atom is 0.416 e. The van der Waals surface area contributed by atoms with Gasteiger partial charge in [0, 0.05) is 61.8 Å². The third kappa shape index (κ3) is 6.88. The quantitative estimate of drug-likeness (QED) is 0.171. The molecule has 0 aliphatic carbocycles. The number of fused-ring (bicyclic) bond motifs is 1. The molecule has 1 aliphatic heterocycles. The number of rotatable bonds is 7. The monoisotopic (exact) mass is 635 g/mol. The van der Waals surface area contributed by atoms with E-state index in [1.807, 2.05) is 11.9 Å². The summed E-state index contributed by atoms with van der Waals surface area (Å²) < 4.78 is 48.4. The van der Waals surface area contributed by atoms with Gasteiger partial charge in [-0.1, -0.05) is 17.7 Å². The van der Waals surface area contributed by atoms with Crippen LogP contribution in [-0.2, 0) is 12.7 Å². The molecular formula is C32H29ClF3N7O2. The van der Waals surface area contributed by atoms with E-state index >= 15 is 0 Å². The van der Waals surface area contributed by atoms with E-state index in [1.165, 1.54) is 24.3 Å². The van der Waals surface area contributed by atoms with Crippen molar-refractivity contribution in [3.63, 3.8) is 0 Å². The Morgan fingerprint density at radius 3 is 2.51 bits per heavy atom. The predicted octanol–water partition coefficient (Wildman–Crippen LogP) is 6.67. The van der Waals surface area contributed by atoms with E-state index in [0.29, 0.717) is 35.6 Å². The second kappa shape index (κ2) is 12.4. The van der Waals surface area contributed by atoms with Crippen LogP contribution < -0.4 is 15.8 Å². The van der Waals surface area contributed by atoms with Crippen LogP contribution in [0.15, 0.2) is 72.9 Å². The minimum Gasteiger partial charge on any atom is -0.437 e. The van der Waals surface area contributed by atoms with Crippen molar-refractivity contribution in [3.8, 4) is 23.0 Å². The Hall–Kier alpha value is -4.65. The number of aromatic nitrogens is 3. The molecule has 3 aromatic carbocycles. The fourth-order valence-corrected chi connectivity index (χ4v) is 5.25. The van der Waals surface area contributed by atoms with Gasteiger partial charge in [-0.3, -0.25) is 9.69 Å². The van der Waals surface area contributed by atoms with Crippen LogP contribution in [0.5, 0.6) is 11.6 Å². The Balaban J connectivity index is 1.24. The molecule has 1 amide bonds. The van der Waals surface area contributed by atoms with Crippen molar-refractivity contribution < 1.29 is 22.7 Å². The zero-order chi connectivity index (χ0) is 31.7. The fourth-order valence-electron chi connectivity index (χ4n) is 5.09. The summed E-state index contributed by atoms with van der Waals surface area (Å²) in [6, 6.07) is 17.1. The van der Waals surface area contributed by atoms with Gasteiger partial charge in [-0.2, -0.15) is 18.2 Å². The lowest BCUT2D eigenvalue weighted by atomic mass is 10.0. The fraction of sp³-hybridized carbons (Fsp3) is 0.219. The van der Waals surface area contributed by atoms with Crippen LogP contribution in [-0.4, -0.2) is 63.9 Å².